The number of carbonyl (C=O) groups is 2. The fraction of sp³-hybridized carbons (Fsp3) is 0.833. The average Bonchev–Trinajstić information content (AvgIpc) is 2.74. The summed E-state index contributed by atoms with van der Waals surface area (Å²) in [6.45, 7) is 16.6. The molecule has 2 N–H and O–H groups in total. The first kappa shape index (κ1) is 30.5. The molecule has 0 aromatic rings. The van der Waals surface area contributed by atoms with E-state index in [2.05, 4.69) is 45.3 Å². The maximum absolute atomic E-state index is 12.2. The third-order valence-corrected chi connectivity index (χ3v) is 4.87. The van der Waals surface area contributed by atoms with Gasteiger partial charge in [0.2, 0.25) is 11.8 Å². The van der Waals surface area contributed by atoms with Crippen molar-refractivity contribution in [2.24, 2.45) is 5.92 Å². The lowest BCUT2D eigenvalue weighted by Crippen LogP contribution is -2.40. The normalized spacial score (nSPS) is 12.0. The summed E-state index contributed by atoms with van der Waals surface area (Å²) >= 11 is 0. The number of amides is 2. The Morgan fingerprint density at radius 3 is 1.72 bits per heavy atom. The van der Waals surface area contributed by atoms with Gasteiger partial charge in [-0.2, -0.15) is 0 Å². The molecule has 1 atom stereocenters. The van der Waals surface area contributed by atoms with E-state index in [0.717, 1.165) is 6.42 Å². The Labute approximate surface area is 197 Å². The maximum Gasteiger partial charge on any atom is 0.222 e. The van der Waals surface area contributed by atoms with Gasteiger partial charge in [-0.15, -0.1) is 0 Å². The quantitative estimate of drug-likeness (QED) is 0.213. The summed E-state index contributed by atoms with van der Waals surface area (Å²) in [6.07, 6.45) is 1.74. The first-order valence-corrected chi connectivity index (χ1v) is 11.8. The molecular weight excluding hydrogens is 412 g/mol. The number of allylic oxidation sites excluding steroid dienone is 1. The minimum Gasteiger partial charge on any atom is -0.379 e. The fourth-order valence-electron chi connectivity index (χ4n) is 2.84. The van der Waals surface area contributed by atoms with E-state index in [4.69, 9.17) is 18.9 Å². The van der Waals surface area contributed by atoms with Crippen LogP contribution in [-0.4, -0.2) is 77.3 Å². The third-order valence-electron chi connectivity index (χ3n) is 4.87. The van der Waals surface area contributed by atoms with E-state index in [1.54, 1.807) is 0 Å². The van der Waals surface area contributed by atoms with E-state index in [-0.39, 0.29) is 20.7 Å². The van der Waals surface area contributed by atoms with Crippen LogP contribution in [0.4, 0.5) is 0 Å². The van der Waals surface area contributed by atoms with Crippen LogP contribution in [0.5, 0.6) is 0 Å². The molecule has 2 amide bonds. The molecule has 0 aromatic carbocycles. The molecule has 8 nitrogen and oxygen atoms in total. The van der Waals surface area contributed by atoms with Gasteiger partial charge in [0.15, 0.2) is 0 Å². The lowest BCUT2D eigenvalue weighted by atomic mass is 9.94. The first-order valence-electron chi connectivity index (χ1n) is 11.8. The van der Waals surface area contributed by atoms with Gasteiger partial charge < -0.3 is 29.6 Å². The predicted octanol–water partition coefficient (Wildman–Crippen LogP) is 3.35. The summed E-state index contributed by atoms with van der Waals surface area (Å²) in [5.41, 5.74) is 2.45. The highest BCUT2D eigenvalue weighted by Gasteiger charge is 2.18. The van der Waals surface area contributed by atoms with E-state index in [0.29, 0.717) is 78.2 Å². The summed E-state index contributed by atoms with van der Waals surface area (Å²) in [5.74, 6) is 0.408. The molecule has 192 valence electrons. The minimum absolute atomic E-state index is 0. The van der Waals surface area contributed by atoms with Crippen molar-refractivity contribution in [3.05, 3.63) is 11.1 Å². The van der Waals surface area contributed by atoms with Gasteiger partial charge in [-0.3, -0.25) is 9.59 Å². The standard InChI is InChI=1S/C24H46N2O6.2H2/c1-7-8-22(27)25-10-12-30-14-16-32-18-17-31-15-13-29-11-9-23(28)26-24(20(4)5)21(6)19(2)3;;/h20,24H,7-18H2,1-6H3,(H,25,27)(H,26,28);2*1H/t24-;;/m0../s1. The Kier molecular flexibility index (Phi) is 19.2. The van der Waals surface area contributed by atoms with Gasteiger partial charge >= 0.3 is 0 Å². The van der Waals surface area contributed by atoms with E-state index >= 15 is 0 Å². The summed E-state index contributed by atoms with van der Waals surface area (Å²) < 4.78 is 21.7. The molecule has 0 bridgehead atoms. The lowest BCUT2D eigenvalue weighted by molar-refractivity contribution is -0.123. The van der Waals surface area contributed by atoms with Crippen molar-refractivity contribution in [1.82, 2.24) is 10.6 Å². The lowest BCUT2D eigenvalue weighted by Gasteiger charge is -2.24. The third kappa shape index (κ3) is 17.1. The molecule has 0 aliphatic heterocycles. The van der Waals surface area contributed by atoms with Crippen LogP contribution in [-0.2, 0) is 28.5 Å². The number of hydrogen-bond donors (Lipinski definition) is 2. The molecule has 0 rings (SSSR count). The molecule has 0 saturated carbocycles. The second-order valence-electron chi connectivity index (χ2n) is 8.27. The van der Waals surface area contributed by atoms with Gasteiger partial charge in [-0.05, 0) is 33.1 Å². The largest absolute Gasteiger partial charge is 0.379 e. The summed E-state index contributed by atoms with van der Waals surface area (Å²) in [7, 11) is 0. The second kappa shape index (κ2) is 20.1. The molecule has 0 aliphatic carbocycles. The van der Waals surface area contributed by atoms with Gasteiger partial charge in [-0.25, -0.2) is 0 Å². The predicted molar refractivity (Wildman–Crippen MR) is 131 cm³/mol. The molecule has 0 radical (unpaired) electrons. The number of hydrogen-bond acceptors (Lipinski definition) is 6. The van der Waals surface area contributed by atoms with Crippen molar-refractivity contribution in [3.8, 4) is 0 Å². The van der Waals surface area contributed by atoms with Gasteiger partial charge in [0.05, 0.1) is 58.9 Å². The van der Waals surface area contributed by atoms with Crippen LogP contribution in [0.1, 0.15) is 63.7 Å². The molecule has 0 unspecified atom stereocenters. The zero-order valence-electron chi connectivity index (χ0n) is 21.1. The van der Waals surface area contributed by atoms with Crippen molar-refractivity contribution in [2.45, 2.75) is 66.8 Å². The van der Waals surface area contributed by atoms with Crippen LogP contribution < -0.4 is 10.6 Å². The zero-order valence-corrected chi connectivity index (χ0v) is 21.1. The Hall–Kier alpha value is -1.48. The Bertz CT molecular complexity index is 544. The molecule has 0 aliphatic rings. The highest BCUT2D eigenvalue weighted by molar-refractivity contribution is 5.76. The van der Waals surface area contributed by atoms with Gasteiger partial charge in [0.1, 0.15) is 0 Å². The van der Waals surface area contributed by atoms with E-state index in [1.807, 2.05) is 6.92 Å². The molecule has 0 saturated heterocycles. The molecule has 32 heavy (non-hydrogen) atoms. The van der Waals surface area contributed by atoms with E-state index in [9.17, 15) is 9.59 Å². The van der Waals surface area contributed by atoms with Gasteiger partial charge in [0, 0.05) is 22.2 Å². The van der Waals surface area contributed by atoms with Gasteiger partial charge in [0.25, 0.3) is 0 Å². The molecule has 8 heteroatoms. The summed E-state index contributed by atoms with van der Waals surface area (Å²) in [6, 6.07) is 0.0629. The minimum atomic E-state index is 0. The molecule has 0 fully saturated rings. The number of nitrogens with one attached hydrogen (secondary N) is 2. The monoisotopic (exact) mass is 462 g/mol. The van der Waals surface area contributed by atoms with Crippen LogP contribution in [0, 0.1) is 5.92 Å². The van der Waals surface area contributed by atoms with E-state index < -0.39 is 0 Å². The number of rotatable bonds is 20. The topological polar surface area (TPSA) is 95.1 Å². The Balaban J connectivity index is -0.00000480. The first-order chi connectivity index (χ1) is 15.3. The maximum atomic E-state index is 12.2. The van der Waals surface area contributed by atoms with Crippen molar-refractivity contribution in [1.29, 1.82) is 0 Å². The van der Waals surface area contributed by atoms with Crippen LogP contribution in [0.2, 0.25) is 0 Å². The van der Waals surface area contributed by atoms with Gasteiger partial charge in [-0.1, -0.05) is 31.9 Å². The van der Waals surface area contributed by atoms with Crippen LogP contribution in [0.3, 0.4) is 0 Å². The van der Waals surface area contributed by atoms with Crippen molar-refractivity contribution >= 4 is 11.8 Å². The average molecular weight is 463 g/mol. The van der Waals surface area contributed by atoms with Crippen molar-refractivity contribution < 1.29 is 31.4 Å². The van der Waals surface area contributed by atoms with Crippen LogP contribution in [0.25, 0.3) is 0 Å². The highest BCUT2D eigenvalue weighted by atomic mass is 16.6. The SMILES string of the molecule is CCCC(=O)NCCOCCOCCOCCOCCC(=O)N[C@H](C(C)=C(C)C)C(C)C.[HH].[HH]. The van der Waals surface area contributed by atoms with Crippen LogP contribution in [0.15, 0.2) is 11.1 Å². The number of ether oxygens (including phenoxy) is 4. The summed E-state index contributed by atoms with van der Waals surface area (Å²) in [4.78, 5) is 23.4. The molecule has 0 aromatic heterocycles. The van der Waals surface area contributed by atoms with Crippen molar-refractivity contribution in [3.63, 3.8) is 0 Å². The van der Waals surface area contributed by atoms with Crippen molar-refractivity contribution in [2.75, 3.05) is 59.4 Å². The van der Waals surface area contributed by atoms with E-state index in [1.165, 1.54) is 11.1 Å². The number of carbonyl (C=O) groups excluding carboxylic acids is 2. The smallest absolute Gasteiger partial charge is 0.222 e. The Morgan fingerprint density at radius 2 is 1.25 bits per heavy atom. The fourth-order valence-corrected chi connectivity index (χ4v) is 2.84. The summed E-state index contributed by atoms with van der Waals surface area (Å²) in [5, 5.41) is 5.89. The molecule has 0 spiro atoms. The Morgan fingerprint density at radius 1 is 0.750 bits per heavy atom. The zero-order chi connectivity index (χ0) is 24.2. The molecular formula is C24H50N2O6. The van der Waals surface area contributed by atoms with Crippen LogP contribution >= 0.6 is 0 Å². The highest BCUT2D eigenvalue weighted by Crippen LogP contribution is 2.15. The molecule has 0 heterocycles. The second-order valence-corrected chi connectivity index (χ2v) is 8.27.